The number of benzene rings is 1. The van der Waals surface area contributed by atoms with Gasteiger partial charge in [0.25, 0.3) is 0 Å². The Bertz CT molecular complexity index is 471. The third kappa shape index (κ3) is 3.14. The summed E-state index contributed by atoms with van der Waals surface area (Å²) < 4.78 is 27.1. The first-order valence-electron chi connectivity index (χ1n) is 3.81. The molecule has 0 amide bonds. The molecule has 0 atom stereocenters. The van der Waals surface area contributed by atoms with Crippen molar-refractivity contribution in [3.63, 3.8) is 0 Å². The van der Waals surface area contributed by atoms with Gasteiger partial charge in [0, 0.05) is 0 Å². The normalized spacial score (nSPS) is 11.1. The smallest absolute Gasteiger partial charge is 0.340 e. The van der Waals surface area contributed by atoms with E-state index in [1.807, 2.05) is 22.6 Å². The maximum Gasteiger partial charge on any atom is 0.340 e. The zero-order chi connectivity index (χ0) is 11.5. The molecule has 0 aliphatic heterocycles. The molecule has 0 fully saturated rings. The van der Waals surface area contributed by atoms with Crippen LogP contribution in [0.15, 0.2) is 29.2 Å². The molecule has 0 radical (unpaired) electrons. The first-order chi connectivity index (χ1) is 6.96. The lowest BCUT2D eigenvalue weighted by atomic mass is 10.2. The Balaban J connectivity index is 3.25. The zero-order valence-electron chi connectivity index (χ0n) is 7.51. The lowest BCUT2D eigenvalue weighted by molar-refractivity contribution is 0.0586. The van der Waals surface area contributed by atoms with Gasteiger partial charge in [0.05, 0.1) is 10.5 Å². The van der Waals surface area contributed by atoms with E-state index >= 15 is 0 Å². The van der Waals surface area contributed by atoms with E-state index in [0.717, 1.165) is 0 Å². The van der Waals surface area contributed by atoms with E-state index in [0.29, 0.717) is 0 Å². The molecular weight excluding hydrogens is 333 g/mol. The molecule has 0 aliphatic carbocycles. The van der Waals surface area contributed by atoms with Crippen molar-refractivity contribution in [3.05, 3.63) is 29.8 Å². The van der Waals surface area contributed by atoms with Gasteiger partial charge in [0.2, 0.25) is 10.0 Å². The molecule has 0 heterocycles. The van der Waals surface area contributed by atoms with Gasteiger partial charge in [0.15, 0.2) is 0 Å². The van der Waals surface area contributed by atoms with Crippen molar-refractivity contribution < 1.29 is 17.9 Å². The number of sulfonamides is 1. The summed E-state index contributed by atoms with van der Waals surface area (Å²) in [6.07, 6.45) is 0. The number of esters is 1. The van der Waals surface area contributed by atoms with E-state index in [2.05, 4.69) is 0 Å². The number of nitrogens with two attached hydrogens (primary N) is 1. The van der Waals surface area contributed by atoms with Crippen LogP contribution in [0, 0.1) is 0 Å². The van der Waals surface area contributed by atoms with Crippen LogP contribution in [0.1, 0.15) is 10.4 Å². The molecular formula is C8H8INO4S. The minimum Gasteiger partial charge on any atom is -0.451 e. The van der Waals surface area contributed by atoms with Gasteiger partial charge in [-0.1, -0.05) is 12.1 Å². The molecule has 0 spiro atoms. The van der Waals surface area contributed by atoms with Crippen LogP contribution in [0.4, 0.5) is 0 Å². The summed E-state index contributed by atoms with van der Waals surface area (Å²) in [7, 11) is -3.90. The Labute approximate surface area is 101 Å². The van der Waals surface area contributed by atoms with Crippen molar-refractivity contribution >= 4 is 38.6 Å². The Morgan fingerprint density at radius 2 is 2.00 bits per heavy atom. The summed E-state index contributed by atoms with van der Waals surface area (Å²) in [5.41, 5.74) is -0.0448. The number of rotatable bonds is 3. The Morgan fingerprint density at radius 3 is 2.53 bits per heavy atom. The van der Waals surface area contributed by atoms with E-state index < -0.39 is 16.0 Å². The summed E-state index contributed by atoms with van der Waals surface area (Å²) in [6, 6.07) is 5.65. The van der Waals surface area contributed by atoms with Gasteiger partial charge in [0.1, 0.15) is 4.61 Å². The van der Waals surface area contributed by atoms with Crippen LogP contribution in [0.3, 0.4) is 0 Å². The second-order valence-electron chi connectivity index (χ2n) is 2.58. The van der Waals surface area contributed by atoms with Gasteiger partial charge >= 0.3 is 5.97 Å². The Hall–Kier alpha value is -0.670. The van der Waals surface area contributed by atoms with E-state index in [1.165, 1.54) is 18.2 Å². The number of hydrogen-bond acceptors (Lipinski definition) is 4. The number of ether oxygens (including phenoxy) is 1. The number of primary sulfonamides is 1. The monoisotopic (exact) mass is 341 g/mol. The number of carbonyl (C=O) groups is 1. The van der Waals surface area contributed by atoms with Gasteiger partial charge < -0.3 is 4.74 Å². The highest BCUT2D eigenvalue weighted by Gasteiger charge is 2.19. The van der Waals surface area contributed by atoms with E-state index in [4.69, 9.17) is 9.88 Å². The first kappa shape index (κ1) is 12.4. The van der Waals surface area contributed by atoms with Gasteiger partial charge in [-0.25, -0.2) is 18.4 Å². The summed E-state index contributed by atoms with van der Waals surface area (Å²) >= 11 is 1.84. The SMILES string of the molecule is NS(=O)(=O)c1ccccc1C(=O)OCI. The van der Waals surface area contributed by atoms with Gasteiger partial charge in [-0.05, 0) is 34.7 Å². The molecule has 0 unspecified atom stereocenters. The van der Waals surface area contributed by atoms with Crippen LogP contribution in [-0.2, 0) is 14.8 Å². The summed E-state index contributed by atoms with van der Waals surface area (Å²) in [6.45, 7) is 0. The molecule has 5 nitrogen and oxygen atoms in total. The highest BCUT2D eigenvalue weighted by Crippen LogP contribution is 2.14. The molecule has 7 heteroatoms. The van der Waals surface area contributed by atoms with Gasteiger partial charge in [-0.15, -0.1) is 0 Å². The number of halogens is 1. The molecule has 15 heavy (non-hydrogen) atoms. The Morgan fingerprint density at radius 1 is 1.40 bits per heavy atom. The maximum atomic E-state index is 11.4. The summed E-state index contributed by atoms with van der Waals surface area (Å²) in [5.74, 6) is -0.700. The average Bonchev–Trinajstić information content (AvgIpc) is 2.17. The number of carbonyl (C=O) groups excluding carboxylic acids is 1. The van der Waals surface area contributed by atoms with Crippen molar-refractivity contribution in [3.8, 4) is 0 Å². The van der Waals surface area contributed by atoms with Crippen LogP contribution in [0.5, 0.6) is 0 Å². The maximum absolute atomic E-state index is 11.4. The molecule has 0 bridgehead atoms. The standard InChI is InChI=1S/C8H8INO4S/c9-5-14-8(11)6-3-1-2-4-7(6)15(10,12)13/h1-4H,5H2,(H2,10,12,13). The Kier molecular flexibility index (Phi) is 4.05. The molecule has 0 aliphatic rings. The van der Waals surface area contributed by atoms with E-state index in [-0.39, 0.29) is 15.1 Å². The van der Waals surface area contributed by atoms with Crippen molar-refractivity contribution in [1.29, 1.82) is 0 Å². The largest absolute Gasteiger partial charge is 0.451 e. The highest BCUT2D eigenvalue weighted by atomic mass is 127. The third-order valence-electron chi connectivity index (χ3n) is 1.60. The molecule has 1 aromatic carbocycles. The van der Waals surface area contributed by atoms with Crippen molar-refractivity contribution in [2.75, 3.05) is 4.61 Å². The van der Waals surface area contributed by atoms with Crippen molar-refractivity contribution in [2.24, 2.45) is 5.14 Å². The fraction of sp³-hybridized carbons (Fsp3) is 0.125. The van der Waals surface area contributed by atoms with E-state index in [9.17, 15) is 13.2 Å². The molecule has 1 aromatic rings. The van der Waals surface area contributed by atoms with Crippen molar-refractivity contribution in [2.45, 2.75) is 4.90 Å². The fourth-order valence-corrected chi connectivity index (χ4v) is 2.02. The van der Waals surface area contributed by atoms with Crippen LogP contribution >= 0.6 is 22.6 Å². The quantitative estimate of drug-likeness (QED) is 0.502. The van der Waals surface area contributed by atoms with Crippen molar-refractivity contribution in [1.82, 2.24) is 0 Å². The van der Waals surface area contributed by atoms with Crippen LogP contribution in [-0.4, -0.2) is 19.0 Å². The lowest BCUT2D eigenvalue weighted by Crippen LogP contribution is -2.17. The van der Waals surface area contributed by atoms with E-state index in [1.54, 1.807) is 6.07 Å². The molecule has 2 N–H and O–H groups in total. The average molecular weight is 341 g/mol. The third-order valence-corrected chi connectivity index (χ3v) is 2.88. The van der Waals surface area contributed by atoms with Gasteiger partial charge in [-0.3, -0.25) is 0 Å². The lowest BCUT2D eigenvalue weighted by Gasteiger charge is -2.05. The topological polar surface area (TPSA) is 86.5 Å². The fourth-order valence-electron chi connectivity index (χ4n) is 1.01. The van der Waals surface area contributed by atoms with Crippen LogP contribution < -0.4 is 5.14 Å². The highest BCUT2D eigenvalue weighted by molar-refractivity contribution is 14.1. The molecule has 0 aromatic heterocycles. The first-order valence-corrected chi connectivity index (χ1v) is 6.89. The second kappa shape index (κ2) is 4.90. The summed E-state index contributed by atoms with van der Waals surface area (Å²) in [5, 5.41) is 4.95. The minimum atomic E-state index is -3.90. The second-order valence-corrected chi connectivity index (χ2v) is 4.73. The predicted molar refractivity (Wildman–Crippen MR) is 62.1 cm³/mol. The molecule has 0 saturated heterocycles. The zero-order valence-corrected chi connectivity index (χ0v) is 10.5. The number of alkyl halides is 1. The molecule has 82 valence electrons. The van der Waals surface area contributed by atoms with Gasteiger partial charge in [-0.2, -0.15) is 0 Å². The minimum absolute atomic E-state index is 0.0448. The summed E-state index contributed by atoms with van der Waals surface area (Å²) in [4.78, 5) is 11.1. The van der Waals surface area contributed by atoms with Crippen LogP contribution in [0.2, 0.25) is 0 Å². The molecule has 1 rings (SSSR count). The van der Waals surface area contributed by atoms with Crippen LogP contribution in [0.25, 0.3) is 0 Å². The predicted octanol–water partition coefficient (Wildman–Crippen LogP) is 0.883. The number of hydrogen-bond donors (Lipinski definition) is 1. The molecule has 0 saturated carbocycles.